The fourth-order valence-electron chi connectivity index (χ4n) is 3.13. The van der Waals surface area contributed by atoms with E-state index in [0.29, 0.717) is 5.92 Å². The molecular weight excluding hydrogens is 395 g/mol. The van der Waals surface area contributed by atoms with E-state index in [4.69, 9.17) is 0 Å². The monoisotopic (exact) mass is 412 g/mol. The van der Waals surface area contributed by atoms with Gasteiger partial charge in [0.25, 0.3) is 0 Å². The first-order valence-electron chi connectivity index (χ1n) is 8.36. The first-order chi connectivity index (χ1) is 11.9. The Labute approximate surface area is 163 Å². The molecule has 0 heterocycles. The van der Waals surface area contributed by atoms with E-state index in [1.807, 2.05) is 6.08 Å². The maximum absolute atomic E-state index is 3.57. The van der Waals surface area contributed by atoms with Crippen LogP contribution in [0.2, 0.25) is 0 Å². The van der Waals surface area contributed by atoms with Crippen molar-refractivity contribution in [3.8, 4) is 11.1 Å². The van der Waals surface area contributed by atoms with E-state index in [9.17, 15) is 0 Å². The average Bonchev–Trinajstić information content (AvgIpc) is 3.29. The van der Waals surface area contributed by atoms with Crippen LogP contribution in [0.4, 0.5) is 0 Å². The van der Waals surface area contributed by atoms with Gasteiger partial charge in [-0.1, -0.05) is 12.3 Å². The van der Waals surface area contributed by atoms with Crippen LogP contribution in [0.5, 0.6) is 0 Å². The number of allylic oxidation sites excluding steroid dienone is 4. The SMILES string of the molecule is [C-]1=CC=CC1Cc1[c-]c(Cc2[c-]c(-c3ccc[cH-]3)ccc2)ccc1.[Pd]. The molecule has 0 saturated carbocycles. The van der Waals surface area contributed by atoms with Gasteiger partial charge >= 0.3 is 0 Å². The Morgan fingerprint density at radius 1 is 0.880 bits per heavy atom. The predicted octanol–water partition coefficient (Wildman–Crippen LogP) is 5.35. The smallest absolute Gasteiger partial charge is 0 e. The zero-order valence-corrected chi connectivity index (χ0v) is 15.4. The first kappa shape index (κ1) is 17.7. The summed E-state index contributed by atoms with van der Waals surface area (Å²) in [4.78, 5) is 0. The van der Waals surface area contributed by atoms with Gasteiger partial charge in [-0.15, -0.1) is 11.6 Å². The van der Waals surface area contributed by atoms with Gasteiger partial charge in [0.2, 0.25) is 0 Å². The number of benzene rings is 2. The summed E-state index contributed by atoms with van der Waals surface area (Å²) in [5, 5.41) is 0. The van der Waals surface area contributed by atoms with Crippen molar-refractivity contribution < 1.29 is 20.4 Å². The molecule has 3 aromatic carbocycles. The van der Waals surface area contributed by atoms with Crippen LogP contribution in [0.25, 0.3) is 11.1 Å². The van der Waals surface area contributed by atoms with Crippen LogP contribution in [-0.2, 0) is 33.3 Å². The fourth-order valence-corrected chi connectivity index (χ4v) is 3.13. The van der Waals surface area contributed by atoms with Crippen molar-refractivity contribution in [2.75, 3.05) is 0 Å². The third kappa shape index (κ3) is 4.51. The van der Waals surface area contributed by atoms with E-state index in [2.05, 4.69) is 91.0 Å². The molecule has 0 saturated heterocycles. The zero-order chi connectivity index (χ0) is 16.2. The summed E-state index contributed by atoms with van der Waals surface area (Å²) in [5.41, 5.74) is 6.05. The summed E-state index contributed by atoms with van der Waals surface area (Å²) in [6.07, 6.45) is 11.4. The van der Waals surface area contributed by atoms with E-state index in [1.165, 1.54) is 22.3 Å². The molecule has 0 radical (unpaired) electrons. The molecule has 0 bridgehead atoms. The van der Waals surface area contributed by atoms with E-state index in [0.717, 1.165) is 18.4 Å². The molecule has 0 amide bonds. The van der Waals surface area contributed by atoms with E-state index in [-0.39, 0.29) is 20.4 Å². The van der Waals surface area contributed by atoms with E-state index in [1.54, 1.807) is 0 Å². The Morgan fingerprint density at radius 2 is 1.68 bits per heavy atom. The summed E-state index contributed by atoms with van der Waals surface area (Å²) in [5.74, 6) is 0.392. The molecule has 1 unspecified atom stereocenters. The zero-order valence-electron chi connectivity index (χ0n) is 13.8. The van der Waals surface area contributed by atoms with Crippen LogP contribution < -0.4 is 0 Å². The number of hydrogen-bond acceptors (Lipinski definition) is 0. The second-order valence-electron chi connectivity index (χ2n) is 6.17. The molecule has 0 aromatic heterocycles. The largest absolute Gasteiger partial charge is 0.269 e. The third-order valence-corrected chi connectivity index (χ3v) is 4.32. The maximum atomic E-state index is 3.57. The quantitative estimate of drug-likeness (QED) is 0.391. The number of rotatable bonds is 5. The standard InChI is InChI=1S/C24H18.Pd/c1-2-8-19(7-1)15-20-9-5-10-21(16-20)17-22-11-6-14-24(18-22)23-12-3-4-13-23;/h1-7,9-14,19H,15,17H2;/q-4;. The average molecular weight is 413 g/mol. The van der Waals surface area contributed by atoms with Gasteiger partial charge in [0.1, 0.15) is 0 Å². The van der Waals surface area contributed by atoms with Crippen LogP contribution in [0.1, 0.15) is 16.7 Å². The summed E-state index contributed by atoms with van der Waals surface area (Å²) in [6.45, 7) is 0. The molecule has 0 aliphatic heterocycles. The second-order valence-corrected chi connectivity index (χ2v) is 6.17. The van der Waals surface area contributed by atoms with E-state index < -0.39 is 0 Å². The molecule has 1 aliphatic carbocycles. The molecule has 3 aromatic rings. The van der Waals surface area contributed by atoms with Gasteiger partial charge in [-0.3, -0.25) is 6.08 Å². The molecule has 1 atom stereocenters. The Hall–Kier alpha value is -2.07. The van der Waals surface area contributed by atoms with Crippen molar-refractivity contribution in [2.45, 2.75) is 12.8 Å². The topological polar surface area (TPSA) is 0 Å². The van der Waals surface area contributed by atoms with Crippen molar-refractivity contribution in [1.82, 2.24) is 0 Å². The van der Waals surface area contributed by atoms with Gasteiger partial charge in [0, 0.05) is 20.4 Å². The summed E-state index contributed by atoms with van der Waals surface area (Å²) >= 11 is 0. The van der Waals surface area contributed by atoms with Gasteiger partial charge in [-0.05, 0) is 6.42 Å². The van der Waals surface area contributed by atoms with Gasteiger partial charge < -0.3 is 0 Å². The fraction of sp³-hybridized carbons (Fsp3) is 0.125. The van der Waals surface area contributed by atoms with Crippen LogP contribution in [-0.4, -0.2) is 0 Å². The normalized spacial score (nSPS) is 15.3. The van der Waals surface area contributed by atoms with Crippen molar-refractivity contribution in [1.29, 1.82) is 0 Å². The molecule has 1 aliphatic rings. The summed E-state index contributed by atoms with van der Waals surface area (Å²) in [7, 11) is 0. The molecule has 128 valence electrons. The minimum absolute atomic E-state index is 0. The third-order valence-electron chi connectivity index (χ3n) is 4.32. The summed E-state index contributed by atoms with van der Waals surface area (Å²) < 4.78 is 0. The van der Waals surface area contributed by atoms with Crippen molar-refractivity contribution >= 4 is 0 Å². The molecule has 4 rings (SSSR count). The van der Waals surface area contributed by atoms with Crippen LogP contribution in [0.3, 0.4) is 0 Å². The molecule has 0 spiro atoms. The number of hydrogen-bond donors (Lipinski definition) is 0. The molecule has 0 nitrogen and oxygen atoms in total. The molecule has 1 heteroatoms. The van der Waals surface area contributed by atoms with E-state index >= 15 is 0 Å². The van der Waals surface area contributed by atoms with Gasteiger partial charge in [0.15, 0.2) is 0 Å². The van der Waals surface area contributed by atoms with Gasteiger partial charge in [-0.25, -0.2) is 29.3 Å². The van der Waals surface area contributed by atoms with Crippen LogP contribution in [0.15, 0.2) is 78.9 Å². The van der Waals surface area contributed by atoms with Crippen LogP contribution >= 0.6 is 0 Å². The summed E-state index contributed by atoms with van der Waals surface area (Å²) in [6, 6.07) is 28.3. The Morgan fingerprint density at radius 3 is 2.44 bits per heavy atom. The molecule has 0 N–H and O–H groups in total. The Kier molecular flexibility index (Phi) is 5.92. The van der Waals surface area contributed by atoms with Crippen molar-refractivity contribution in [3.63, 3.8) is 0 Å². The second kappa shape index (κ2) is 8.35. The van der Waals surface area contributed by atoms with Gasteiger partial charge in [-0.2, -0.15) is 77.9 Å². The molecular formula is C24H18Pd-4. The van der Waals surface area contributed by atoms with Crippen LogP contribution in [0, 0.1) is 24.1 Å². The Bertz CT molecular complexity index is 857. The first-order valence-corrected chi connectivity index (χ1v) is 8.36. The van der Waals surface area contributed by atoms with Gasteiger partial charge in [0.05, 0.1) is 0 Å². The minimum Gasteiger partial charge on any atom is -0.269 e. The van der Waals surface area contributed by atoms with Crippen molar-refractivity contribution in [3.05, 3.63) is 114 Å². The molecule has 0 fully saturated rings. The minimum atomic E-state index is 0. The predicted molar refractivity (Wildman–Crippen MR) is 98.5 cm³/mol. The van der Waals surface area contributed by atoms with Crippen molar-refractivity contribution in [2.24, 2.45) is 5.92 Å². The molecule has 25 heavy (non-hydrogen) atoms. The maximum Gasteiger partial charge on any atom is 0 e. The Balaban J connectivity index is 0.00000182.